The van der Waals surface area contributed by atoms with Crippen molar-refractivity contribution in [3.8, 4) is 0 Å². The molecule has 2 rings (SSSR count). The van der Waals surface area contributed by atoms with Crippen LogP contribution >= 0.6 is 27.5 Å². The standard InChI is InChI=1S/C11H8BrClN4O2/c1-6-2-3-7(4-8(6)12)15-10-9(17(18)19)5-14-11(13)16-10/h2-5H,1H3,(H,14,15,16). The SMILES string of the molecule is Cc1ccc(Nc2nc(Cl)ncc2[N+](=O)[O-])cc1Br. The van der Waals surface area contributed by atoms with E-state index in [0.717, 1.165) is 16.2 Å². The van der Waals surface area contributed by atoms with Crippen molar-refractivity contribution in [1.82, 2.24) is 9.97 Å². The molecule has 0 aliphatic rings. The molecule has 0 saturated carbocycles. The van der Waals surface area contributed by atoms with Gasteiger partial charge < -0.3 is 5.32 Å². The van der Waals surface area contributed by atoms with Crippen LogP contribution < -0.4 is 5.32 Å². The first-order chi connectivity index (χ1) is 8.97. The minimum Gasteiger partial charge on any atom is -0.334 e. The second-order valence-corrected chi connectivity index (χ2v) is 4.91. The summed E-state index contributed by atoms with van der Waals surface area (Å²) < 4.78 is 0.889. The van der Waals surface area contributed by atoms with Gasteiger partial charge in [0.1, 0.15) is 6.20 Å². The average Bonchev–Trinajstić information content (AvgIpc) is 2.33. The number of benzene rings is 1. The number of anilines is 2. The molecule has 0 aliphatic carbocycles. The minimum absolute atomic E-state index is 0.0562. The molecular formula is C11H8BrClN4O2. The van der Waals surface area contributed by atoms with E-state index in [1.807, 2.05) is 13.0 Å². The Kier molecular flexibility index (Phi) is 3.96. The Morgan fingerprint density at radius 3 is 2.84 bits per heavy atom. The second kappa shape index (κ2) is 5.50. The lowest BCUT2D eigenvalue weighted by Crippen LogP contribution is -2.01. The summed E-state index contributed by atoms with van der Waals surface area (Å²) in [6, 6.07) is 5.47. The van der Waals surface area contributed by atoms with Gasteiger partial charge in [0, 0.05) is 10.2 Å². The van der Waals surface area contributed by atoms with Crippen molar-refractivity contribution in [2.45, 2.75) is 6.92 Å². The first-order valence-corrected chi connectivity index (χ1v) is 6.34. The summed E-state index contributed by atoms with van der Waals surface area (Å²) in [6.07, 6.45) is 1.07. The van der Waals surface area contributed by atoms with Gasteiger partial charge in [-0.3, -0.25) is 10.1 Å². The van der Waals surface area contributed by atoms with E-state index in [9.17, 15) is 10.1 Å². The molecule has 0 bridgehead atoms. The van der Waals surface area contributed by atoms with Crippen LogP contribution in [-0.4, -0.2) is 14.9 Å². The van der Waals surface area contributed by atoms with Crippen LogP contribution in [0.4, 0.5) is 17.2 Å². The highest BCUT2D eigenvalue weighted by Gasteiger charge is 2.17. The van der Waals surface area contributed by atoms with Crippen molar-refractivity contribution in [2.24, 2.45) is 0 Å². The van der Waals surface area contributed by atoms with Gasteiger partial charge in [-0.25, -0.2) is 4.98 Å². The van der Waals surface area contributed by atoms with Gasteiger partial charge >= 0.3 is 5.69 Å². The van der Waals surface area contributed by atoms with Crippen LogP contribution in [0.2, 0.25) is 5.28 Å². The van der Waals surface area contributed by atoms with Crippen LogP contribution in [0, 0.1) is 17.0 Å². The third kappa shape index (κ3) is 3.18. The Labute approximate surface area is 122 Å². The Morgan fingerprint density at radius 1 is 1.47 bits per heavy atom. The molecule has 1 N–H and O–H groups in total. The molecule has 0 unspecified atom stereocenters. The monoisotopic (exact) mass is 342 g/mol. The lowest BCUT2D eigenvalue weighted by molar-refractivity contribution is -0.384. The van der Waals surface area contributed by atoms with Gasteiger partial charge in [-0.2, -0.15) is 4.98 Å². The minimum atomic E-state index is -0.568. The van der Waals surface area contributed by atoms with Crippen LogP contribution in [0.1, 0.15) is 5.56 Å². The summed E-state index contributed by atoms with van der Waals surface area (Å²) in [4.78, 5) is 17.7. The molecule has 1 aromatic carbocycles. The normalized spacial score (nSPS) is 10.3. The summed E-state index contributed by atoms with van der Waals surface area (Å²) in [6.45, 7) is 1.94. The van der Waals surface area contributed by atoms with Gasteiger partial charge in [0.25, 0.3) is 0 Å². The fraction of sp³-hybridized carbons (Fsp3) is 0.0909. The largest absolute Gasteiger partial charge is 0.334 e. The first-order valence-electron chi connectivity index (χ1n) is 5.17. The number of nitro groups is 1. The summed E-state index contributed by atoms with van der Waals surface area (Å²) >= 11 is 9.04. The highest BCUT2D eigenvalue weighted by atomic mass is 79.9. The highest BCUT2D eigenvalue weighted by Crippen LogP contribution is 2.28. The van der Waals surface area contributed by atoms with Crippen LogP contribution in [0.3, 0.4) is 0 Å². The fourth-order valence-corrected chi connectivity index (χ4v) is 1.90. The molecule has 1 aromatic heterocycles. The predicted molar refractivity (Wildman–Crippen MR) is 75.9 cm³/mol. The van der Waals surface area contributed by atoms with Gasteiger partial charge in [0.15, 0.2) is 0 Å². The van der Waals surface area contributed by atoms with E-state index in [1.165, 1.54) is 0 Å². The lowest BCUT2D eigenvalue weighted by atomic mass is 10.2. The average molecular weight is 344 g/mol. The maximum Gasteiger partial charge on any atom is 0.329 e. The number of hydrogen-bond acceptors (Lipinski definition) is 5. The number of nitrogens with zero attached hydrogens (tertiary/aromatic N) is 3. The van der Waals surface area contributed by atoms with Gasteiger partial charge in [-0.1, -0.05) is 22.0 Å². The van der Waals surface area contributed by atoms with Crippen LogP contribution in [-0.2, 0) is 0 Å². The molecule has 0 atom stereocenters. The maximum absolute atomic E-state index is 10.9. The van der Waals surface area contributed by atoms with E-state index in [1.54, 1.807) is 12.1 Å². The van der Waals surface area contributed by atoms with E-state index >= 15 is 0 Å². The number of rotatable bonds is 3. The Bertz CT molecular complexity index is 651. The van der Waals surface area contributed by atoms with E-state index in [4.69, 9.17) is 11.6 Å². The fourth-order valence-electron chi connectivity index (χ4n) is 1.39. The zero-order valence-electron chi connectivity index (χ0n) is 9.72. The van der Waals surface area contributed by atoms with Gasteiger partial charge in [-0.05, 0) is 36.2 Å². The number of nitrogens with one attached hydrogen (secondary N) is 1. The summed E-state index contributed by atoms with van der Waals surface area (Å²) in [5.74, 6) is 0.0563. The third-order valence-electron chi connectivity index (χ3n) is 2.37. The van der Waals surface area contributed by atoms with Gasteiger partial charge in [-0.15, -0.1) is 0 Å². The van der Waals surface area contributed by atoms with E-state index in [0.29, 0.717) is 5.69 Å². The van der Waals surface area contributed by atoms with E-state index in [-0.39, 0.29) is 16.8 Å². The third-order valence-corrected chi connectivity index (χ3v) is 3.41. The van der Waals surface area contributed by atoms with Gasteiger partial charge in [0.05, 0.1) is 4.92 Å². The molecule has 0 spiro atoms. The highest BCUT2D eigenvalue weighted by molar-refractivity contribution is 9.10. The van der Waals surface area contributed by atoms with Crippen molar-refractivity contribution in [1.29, 1.82) is 0 Å². The number of aryl methyl sites for hydroxylation is 1. The number of aromatic nitrogens is 2. The van der Waals surface area contributed by atoms with Crippen molar-refractivity contribution in [2.75, 3.05) is 5.32 Å². The topological polar surface area (TPSA) is 81.0 Å². The molecule has 0 radical (unpaired) electrons. The molecule has 8 heteroatoms. The number of hydrogen-bond donors (Lipinski definition) is 1. The quantitative estimate of drug-likeness (QED) is 0.520. The van der Waals surface area contributed by atoms with Gasteiger partial charge in [0.2, 0.25) is 11.1 Å². The lowest BCUT2D eigenvalue weighted by Gasteiger charge is -2.07. The Balaban J connectivity index is 2.39. The van der Waals surface area contributed by atoms with Crippen molar-refractivity contribution < 1.29 is 4.92 Å². The van der Waals surface area contributed by atoms with Crippen molar-refractivity contribution in [3.05, 3.63) is 49.8 Å². The van der Waals surface area contributed by atoms with Crippen molar-refractivity contribution in [3.63, 3.8) is 0 Å². The first kappa shape index (κ1) is 13.7. The van der Waals surface area contributed by atoms with E-state index in [2.05, 4.69) is 31.2 Å². The summed E-state index contributed by atoms with van der Waals surface area (Å²) in [5, 5.41) is 13.7. The second-order valence-electron chi connectivity index (χ2n) is 3.72. The Hall–Kier alpha value is -1.73. The smallest absolute Gasteiger partial charge is 0.329 e. The van der Waals surface area contributed by atoms with Crippen LogP contribution in [0.15, 0.2) is 28.9 Å². The molecule has 0 fully saturated rings. The maximum atomic E-state index is 10.9. The molecule has 0 amide bonds. The summed E-state index contributed by atoms with van der Waals surface area (Å²) in [7, 11) is 0. The molecule has 2 aromatic rings. The molecule has 6 nitrogen and oxygen atoms in total. The molecular weight excluding hydrogens is 336 g/mol. The molecule has 98 valence electrons. The molecule has 0 aliphatic heterocycles. The van der Waals surface area contributed by atoms with E-state index < -0.39 is 4.92 Å². The molecule has 0 saturated heterocycles. The zero-order valence-corrected chi connectivity index (χ0v) is 12.1. The zero-order chi connectivity index (χ0) is 14.0. The molecule has 1 heterocycles. The molecule has 19 heavy (non-hydrogen) atoms. The Morgan fingerprint density at radius 2 is 2.21 bits per heavy atom. The summed E-state index contributed by atoms with van der Waals surface area (Å²) in [5.41, 5.74) is 1.48. The van der Waals surface area contributed by atoms with Crippen LogP contribution in [0.5, 0.6) is 0 Å². The predicted octanol–water partition coefficient (Wildman–Crippen LogP) is 3.85. The van der Waals surface area contributed by atoms with Crippen LogP contribution in [0.25, 0.3) is 0 Å². The van der Waals surface area contributed by atoms with Crippen molar-refractivity contribution >= 4 is 44.7 Å². The number of halogens is 2.